The molecule has 2 aromatic heterocycles. The number of phenolic OH excluding ortho intramolecular Hbond substituents is 2. The van der Waals surface area contributed by atoms with E-state index in [9.17, 15) is 10.2 Å². The molecule has 4 rings (SSSR count). The molecular weight excluding hydrogens is 378 g/mol. The van der Waals surface area contributed by atoms with E-state index in [1.165, 1.54) is 12.1 Å². The molecule has 0 bridgehead atoms. The summed E-state index contributed by atoms with van der Waals surface area (Å²) in [4.78, 5) is 13.1. The first-order valence-corrected chi connectivity index (χ1v) is 8.22. The monoisotopic (exact) mass is 391 g/mol. The first kappa shape index (κ1) is 15.2. The minimum absolute atomic E-state index is 0.0188. The van der Waals surface area contributed by atoms with Crippen molar-refractivity contribution in [1.82, 2.24) is 19.5 Å². The highest BCUT2D eigenvalue weighted by Crippen LogP contribution is 2.33. The fourth-order valence-electron chi connectivity index (χ4n) is 2.72. The summed E-state index contributed by atoms with van der Waals surface area (Å²) < 4.78 is 7.98. The van der Waals surface area contributed by atoms with Gasteiger partial charge in [-0.2, -0.15) is 0 Å². The van der Waals surface area contributed by atoms with Crippen LogP contribution in [0.2, 0.25) is 0 Å². The van der Waals surface area contributed by atoms with E-state index in [0.29, 0.717) is 27.4 Å². The van der Waals surface area contributed by atoms with Crippen molar-refractivity contribution in [2.24, 2.45) is 0 Å². The Balaban J connectivity index is 1.77. The van der Waals surface area contributed by atoms with E-state index in [1.54, 1.807) is 12.4 Å². The first-order chi connectivity index (χ1) is 11.6. The van der Waals surface area contributed by atoms with Crippen molar-refractivity contribution in [3.8, 4) is 11.5 Å². The lowest BCUT2D eigenvalue weighted by Gasteiger charge is -2.12. The molecule has 3 heterocycles. The van der Waals surface area contributed by atoms with Gasteiger partial charge in [-0.1, -0.05) is 0 Å². The van der Waals surface area contributed by atoms with E-state index in [-0.39, 0.29) is 17.7 Å². The van der Waals surface area contributed by atoms with Crippen molar-refractivity contribution >= 4 is 38.6 Å². The summed E-state index contributed by atoms with van der Waals surface area (Å²) in [5, 5.41) is 22.4. The number of benzene rings is 1. The van der Waals surface area contributed by atoms with E-state index in [0.717, 1.165) is 19.4 Å². The largest absolute Gasteiger partial charge is 0.508 e. The van der Waals surface area contributed by atoms with Crippen LogP contribution in [-0.2, 0) is 4.74 Å². The van der Waals surface area contributed by atoms with Gasteiger partial charge in [0.05, 0.1) is 12.0 Å². The molecule has 1 aliphatic heterocycles. The molecule has 1 aliphatic rings. The summed E-state index contributed by atoms with van der Waals surface area (Å²) in [5.41, 5.74) is 1.62. The maximum atomic E-state index is 9.95. The molecule has 1 aromatic carbocycles. The quantitative estimate of drug-likeness (QED) is 0.357. The van der Waals surface area contributed by atoms with Crippen LogP contribution in [0.5, 0.6) is 11.5 Å². The number of fused-ring (bicyclic) bond motifs is 1. The number of imidazole rings is 1. The normalized spacial score (nSPS) is 17.5. The van der Waals surface area contributed by atoms with Gasteiger partial charge < -0.3 is 20.3 Å². The molecule has 0 radical (unpaired) electrons. The van der Waals surface area contributed by atoms with E-state index in [4.69, 9.17) is 4.74 Å². The number of halogens is 1. The van der Waals surface area contributed by atoms with Crippen LogP contribution >= 0.6 is 15.9 Å². The topological polar surface area (TPSA) is 105 Å². The number of aromatic hydroxyl groups is 2. The molecule has 1 unspecified atom stereocenters. The Labute approximate surface area is 145 Å². The highest BCUT2D eigenvalue weighted by Gasteiger charge is 2.22. The Kier molecular flexibility index (Phi) is 3.73. The molecule has 0 saturated carbocycles. The first-order valence-electron chi connectivity index (χ1n) is 7.42. The second kappa shape index (κ2) is 5.91. The van der Waals surface area contributed by atoms with Gasteiger partial charge in [0.25, 0.3) is 0 Å². The molecule has 1 fully saturated rings. The van der Waals surface area contributed by atoms with Crippen molar-refractivity contribution in [1.29, 1.82) is 0 Å². The molecule has 9 heteroatoms. The molecule has 1 saturated heterocycles. The average molecular weight is 392 g/mol. The highest BCUT2D eigenvalue weighted by atomic mass is 79.9. The second-order valence-corrected chi connectivity index (χ2v) is 6.17. The Morgan fingerprint density at radius 2 is 2.17 bits per heavy atom. The number of anilines is 2. The number of phenols is 2. The molecule has 3 N–H and O–H groups in total. The maximum absolute atomic E-state index is 9.95. The molecule has 24 heavy (non-hydrogen) atoms. The van der Waals surface area contributed by atoms with Crippen LogP contribution < -0.4 is 5.32 Å². The van der Waals surface area contributed by atoms with Gasteiger partial charge in [0, 0.05) is 12.7 Å². The Hall–Kier alpha value is -2.39. The number of ether oxygens (including phenoxy) is 1. The van der Waals surface area contributed by atoms with Gasteiger partial charge >= 0.3 is 0 Å². The van der Waals surface area contributed by atoms with Crippen LogP contribution in [0, 0.1) is 0 Å². The third-order valence-corrected chi connectivity index (χ3v) is 4.20. The van der Waals surface area contributed by atoms with E-state index >= 15 is 0 Å². The van der Waals surface area contributed by atoms with E-state index in [2.05, 4.69) is 36.2 Å². The zero-order valence-corrected chi connectivity index (χ0v) is 14.1. The smallest absolute Gasteiger partial charge is 0.200 e. The lowest BCUT2D eigenvalue weighted by atomic mass is 10.2. The highest BCUT2D eigenvalue weighted by molar-refractivity contribution is 9.10. The van der Waals surface area contributed by atoms with Crippen molar-refractivity contribution in [2.45, 2.75) is 19.1 Å². The predicted octanol–water partition coefficient (Wildman–Crippen LogP) is 3.05. The number of rotatable bonds is 3. The standard InChI is InChI=1S/C15H14BrN5O3/c16-15-19-13(18-9-4-3-8(22)6-10(9)23)12-14(20-15)21(7-17-12)11-2-1-5-24-11/h3-4,6-7,11,22-23H,1-2,5H2,(H,18,19,20). The maximum Gasteiger partial charge on any atom is 0.200 e. The molecule has 124 valence electrons. The molecule has 0 spiro atoms. The summed E-state index contributed by atoms with van der Waals surface area (Å²) in [6.45, 7) is 0.725. The number of aromatic nitrogens is 4. The van der Waals surface area contributed by atoms with Gasteiger partial charge in [-0.05, 0) is 40.9 Å². The van der Waals surface area contributed by atoms with Gasteiger partial charge in [-0.25, -0.2) is 15.0 Å². The summed E-state index contributed by atoms with van der Waals surface area (Å²) >= 11 is 3.31. The van der Waals surface area contributed by atoms with Gasteiger partial charge in [-0.15, -0.1) is 0 Å². The van der Waals surface area contributed by atoms with Crippen LogP contribution in [0.25, 0.3) is 11.2 Å². The second-order valence-electron chi connectivity index (χ2n) is 5.46. The number of nitrogens with one attached hydrogen (secondary N) is 1. The summed E-state index contributed by atoms with van der Waals surface area (Å²) in [5.74, 6) is 0.343. The molecule has 0 aliphatic carbocycles. The van der Waals surface area contributed by atoms with Gasteiger partial charge in [0.2, 0.25) is 4.73 Å². The van der Waals surface area contributed by atoms with Crippen LogP contribution in [0.3, 0.4) is 0 Å². The van der Waals surface area contributed by atoms with E-state index < -0.39 is 0 Å². The van der Waals surface area contributed by atoms with Crippen LogP contribution in [0.1, 0.15) is 19.1 Å². The number of nitrogens with zero attached hydrogens (tertiary/aromatic N) is 4. The lowest BCUT2D eigenvalue weighted by molar-refractivity contribution is 0.0592. The van der Waals surface area contributed by atoms with Gasteiger partial charge in [-0.3, -0.25) is 4.57 Å². The molecule has 1 atom stereocenters. The Morgan fingerprint density at radius 3 is 2.92 bits per heavy atom. The zero-order chi connectivity index (χ0) is 16.7. The van der Waals surface area contributed by atoms with Crippen molar-refractivity contribution in [3.05, 3.63) is 29.3 Å². The van der Waals surface area contributed by atoms with Crippen LogP contribution in [0.15, 0.2) is 29.3 Å². The van der Waals surface area contributed by atoms with Gasteiger partial charge in [0.1, 0.15) is 17.7 Å². The molecule has 3 aromatic rings. The van der Waals surface area contributed by atoms with Crippen LogP contribution in [0.4, 0.5) is 11.5 Å². The molecule has 8 nitrogen and oxygen atoms in total. The minimum atomic E-state index is -0.0866. The van der Waals surface area contributed by atoms with E-state index in [1.807, 2.05) is 4.57 Å². The molecular formula is C15H14BrN5O3. The fraction of sp³-hybridized carbons (Fsp3) is 0.267. The fourth-order valence-corrected chi connectivity index (χ4v) is 3.07. The van der Waals surface area contributed by atoms with Gasteiger partial charge in [0.15, 0.2) is 17.0 Å². The van der Waals surface area contributed by atoms with Crippen molar-refractivity contribution in [3.63, 3.8) is 0 Å². The summed E-state index contributed by atoms with van der Waals surface area (Å²) in [6, 6.07) is 4.28. The zero-order valence-electron chi connectivity index (χ0n) is 12.5. The lowest BCUT2D eigenvalue weighted by Crippen LogP contribution is -2.07. The van der Waals surface area contributed by atoms with Crippen molar-refractivity contribution in [2.75, 3.05) is 11.9 Å². The summed E-state index contributed by atoms with van der Waals surface area (Å²) in [7, 11) is 0. The SMILES string of the molecule is Oc1ccc(Nc2nc(Br)nc3c2ncn3C2CCCO2)c(O)c1. The van der Waals surface area contributed by atoms with Crippen molar-refractivity contribution < 1.29 is 14.9 Å². The minimum Gasteiger partial charge on any atom is -0.508 e. The summed E-state index contributed by atoms with van der Waals surface area (Å²) in [6.07, 6.45) is 3.52. The number of hydrogen-bond donors (Lipinski definition) is 3. The van der Waals surface area contributed by atoms with Crippen LogP contribution in [-0.4, -0.2) is 36.3 Å². The Bertz CT molecular complexity index is 908. The average Bonchev–Trinajstić information content (AvgIpc) is 3.18. The molecule has 0 amide bonds. The predicted molar refractivity (Wildman–Crippen MR) is 90.3 cm³/mol. The third-order valence-electron chi connectivity index (χ3n) is 3.84. The Morgan fingerprint density at radius 1 is 1.29 bits per heavy atom. The number of hydrogen-bond acceptors (Lipinski definition) is 7. The third kappa shape index (κ3) is 2.65.